The summed E-state index contributed by atoms with van der Waals surface area (Å²) >= 11 is 2.22. The second-order valence-electron chi connectivity index (χ2n) is 3.01. The van der Waals surface area contributed by atoms with Gasteiger partial charge in [-0.3, -0.25) is 4.79 Å². The van der Waals surface area contributed by atoms with E-state index >= 15 is 0 Å². The Kier molecular flexibility index (Phi) is 4.34. The van der Waals surface area contributed by atoms with Crippen LogP contribution in [0.25, 0.3) is 0 Å². The molecule has 0 amide bonds. The molecule has 76 valence electrons. The van der Waals surface area contributed by atoms with Gasteiger partial charge in [-0.1, -0.05) is 12.1 Å². The summed E-state index contributed by atoms with van der Waals surface area (Å²) in [6.45, 7) is 0. The number of carboxylic acids is 1. The van der Waals surface area contributed by atoms with Gasteiger partial charge in [0, 0.05) is 3.57 Å². The highest BCUT2D eigenvalue weighted by Gasteiger charge is 2.14. The summed E-state index contributed by atoms with van der Waals surface area (Å²) in [5.74, 6) is -0.814. The van der Waals surface area contributed by atoms with E-state index in [0.717, 1.165) is 9.13 Å². The molecule has 0 aliphatic heterocycles. The average Bonchev–Trinajstić information content (AvgIpc) is 2.16. The van der Waals surface area contributed by atoms with Crippen molar-refractivity contribution in [1.82, 2.24) is 5.32 Å². The van der Waals surface area contributed by atoms with E-state index in [1.165, 1.54) is 0 Å². The van der Waals surface area contributed by atoms with Gasteiger partial charge in [-0.2, -0.15) is 0 Å². The molecule has 1 atom stereocenters. The lowest BCUT2D eigenvalue weighted by Gasteiger charge is -2.10. The first-order chi connectivity index (χ1) is 6.63. The van der Waals surface area contributed by atoms with Gasteiger partial charge >= 0.3 is 5.97 Å². The zero-order valence-corrected chi connectivity index (χ0v) is 9.98. The summed E-state index contributed by atoms with van der Waals surface area (Å²) in [5.41, 5.74) is 1.03. The van der Waals surface area contributed by atoms with Gasteiger partial charge in [-0.25, -0.2) is 0 Å². The average molecular weight is 305 g/mol. The van der Waals surface area contributed by atoms with Gasteiger partial charge in [-0.05, 0) is 53.8 Å². The number of aliphatic carboxylic acids is 1. The van der Waals surface area contributed by atoms with Crippen molar-refractivity contribution in [3.8, 4) is 0 Å². The quantitative estimate of drug-likeness (QED) is 0.829. The summed E-state index contributed by atoms with van der Waals surface area (Å²) in [6.07, 6.45) is 0.517. The lowest BCUT2D eigenvalue weighted by atomic mass is 10.1. The van der Waals surface area contributed by atoms with Crippen LogP contribution in [-0.4, -0.2) is 24.2 Å². The molecule has 0 fully saturated rings. The third kappa shape index (κ3) is 3.26. The molecule has 1 rings (SSSR count). The Morgan fingerprint density at radius 3 is 2.50 bits per heavy atom. The van der Waals surface area contributed by atoms with E-state index in [4.69, 9.17) is 5.11 Å². The number of nitrogens with one attached hydrogen (secondary N) is 1. The molecule has 0 aliphatic rings. The molecule has 0 aromatic heterocycles. The highest BCUT2D eigenvalue weighted by atomic mass is 127. The predicted molar refractivity (Wildman–Crippen MR) is 63.3 cm³/mol. The van der Waals surface area contributed by atoms with Crippen molar-refractivity contribution >= 4 is 28.6 Å². The molecule has 14 heavy (non-hydrogen) atoms. The molecule has 0 radical (unpaired) electrons. The molecule has 3 nitrogen and oxygen atoms in total. The van der Waals surface area contributed by atoms with Crippen LogP contribution in [0.5, 0.6) is 0 Å². The van der Waals surface area contributed by atoms with Crippen LogP contribution in [0.15, 0.2) is 24.3 Å². The minimum atomic E-state index is -0.814. The van der Waals surface area contributed by atoms with Crippen LogP contribution >= 0.6 is 22.6 Å². The highest BCUT2D eigenvalue weighted by Crippen LogP contribution is 2.08. The molecule has 0 saturated heterocycles. The van der Waals surface area contributed by atoms with Crippen molar-refractivity contribution in [2.45, 2.75) is 12.5 Å². The zero-order chi connectivity index (χ0) is 10.6. The SMILES string of the molecule is CNC(Cc1ccc(I)cc1)C(=O)O. The van der Waals surface area contributed by atoms with E-state index in [9.17, 15) is 4.79 Å². The summed E-state index contributed by atoms with van der Waals surface area (Å²) in [4.78, 5) is 10.7. The number of carboxylic acid groups (broad SMARTS) is 1. The van der Waals surface area contributed by atoms with Crippen molar-refractivity contribution in [3.05, 3.63) is 33.4 Å². The molecular formula is C10H12INO2. The Morgan fingerprint density at radius 2 is 2.07 bits per heavy atom. The van der Waals surface area contributed by atoms with Gasteiger partial charge in [0.05, 0.1) is 0 Å². The van der Waals surface area contributed by atoms with Crippen molar-refractivity contribution in [2.24, 2.45) is 0 Å². The van der Waals surface area contributed by atoms with Gasteiger partial charge in [0.2, 0.25) is 0 Å². The van der Waals surface area contributed by atoms with Gasteiger partial charge < -0.3 is 10.4 Å². The fourth-order valence-electron chi connectivity index (χ4n) is 1.17. The van der Waals surface area contributed by atoms with E-state index < -0.39 is 12.0 Å². The second kappa shape index (κ2) is 5.31. The van der Waals surface area contributed by atoms with Crippen LogP contribution in [-0.2, 0) is 11.2 Å². The molecule has 1 aromatic rings. The first kappa shape index (κ1) is 11.5. The Labute approximate surface area is 96.7 Å². The number of likely N-dealkylation sites (N-methyl/N-ethyl adjacent to an activating group) is 1. The Morgan fingerprint density at radius 1 is 1.50 bits per heavy atom. The van der Waals surface area contributed by atoms with Gasteiger partial charge in [0.15, 0.2) is 0 Å². The van der Waals surface area contributed by atoms with Crippen LogP contribution in [0.2, 0.25) is 0 Å². The topological polar surface area (TPSA) is 49.3 Å². The molecule has 1 aromatic carbocycles. The van der Waals surface area contributed by atoms with E-state index in [-0.39, 0.29) is 0 Å². The summed E-state index contributed by atoms with van der Waals surface area (Å²) in [6, 6.07) is 7.36. The fraction of sp³-hybridized carbons (Fsp3) is 0.300. The summed E-state index contributed by atoms with van der Waals surface area (Å²) in [5, 5.41) is 11.6. The smallest absolute Gasteiger partial charge is 0.321 e. The molecule has 0 bridgehead atoms. The van der Waals surface area contributed by atoms with Crippen LogP contribution < -0.4 is 5.32 Å². The third-order valence-corrected chi connectivity index (χ3v) is 2.72. The summed E-state index contributed by atoms with van der Waals surface area (Å²) in [7, 11) is 1.66. The monoisotopic (exact) mass is 305 g/mol. The normalized spacial score (nSPS) is 12.4. The second-order valence-corrected chi connectivity index (χ2v) is 4.26. The number of hydrogen-bond acceptors (Lipinski definition) is 2. The Balaban J connectivity index is 2.67. The highest BCUT2D eigenvalue weighted by molar-refractivity contribution is 14.1. The zero-order valence-electron chi connectivity index (χ0n) is 7.83. The van der Waals surface area contributed by atoms with Gasteiger partial charge in [-0.15, -0.1) is 0 Å². The van der Waals surface area contributed by atoms with Crippen LogP contribution in [0.4, 0.5) is 0 Å². The molecular weight excluding hydrogens is 293 g/mol. The molecule has 4 heteroatoms. The minimum absolute atomic E-state index is 0.505. The van der Waals surface area contributed by atoms with Crippen molar-refractivity contribution in [2.75, 3.05) is 7.05 Å². The largest absolute Gasteiger partial charge is 0.480 e. The van der Waals surface area contributed by atoms with Crippen LogP contribution in [0, 0.1) is 3.57 Å². The lowest BCUT2D eigenvalue weighted by Crippen LogP contribution is -2.35. The van der Waals surface area contributed by atoms with Gasteiger partial charge in [0.1, 0.15) is 6.04 Å². The Hall–Kier alpha value is -0.620. The molecule has 1 unspecified atom stereocenters. The van der Waals surface area contributed by atoms with E-state index in [0.29, 0.717) is 6.42 Å². The van der Waals surface area contributed by atoms with E-state index in [1.807, 2.05) is 24.3 Å². The molecule has 0 aliphatic carbocycles. The minimum Gasteiger partial charge on any atom is -0.480 e. The predicted octanol–water partition coefficient (Wildman–Crippen LogP) is 1.51. The van der Waals surface area contributed by atoms with Crippen LogP contribution in [0.3, 0.4) is 0 Å². The maximum absolute atomic E-state index is 10.7. The van der Waals surface area contributed by atoms with E-state index in [1.54, 1.807) is 7.05 Å². The first-order valence-corrected chi connectivity index (χ1v) is 5.36. The standard InChI is InChI=1S/C10H12INO2/c1-12-9(10(13)14)6-7-2-4-8(11)5-3-7/h2-5,9,12H,6H2,1H3,(H,13,14). The van der Waals surface area contributed by atoms with Crippen molar-refractivity contribution in [3.63, 3.8) is 0 Å². The number of halogens is 1. The maximum Gasteiger partial charge on any atom is 0.321 e. The molecule has 0 saturated carbocycles. The number of hydrogen-bond donors (Lipinski definition) is 2. The molecule has 0 heterocycles. The first-order valence-electron chi connectivity index (χ1n) is 4.28. The van der Waals surface area contributed by atoms with Crippen molar-refractivity contribution < 1.29 is 9.90 Å². The molecule has 2 N–H and O–H groups in total. The van der Waals surface area contributed by atoms with Crippen molar-refractivity contribution in [1.29, 1.82) is 0 Å². The Bertz CT molecular complexity index is 310. The van der Waals surface area contributed by atoms with Gasteiger partial charge in [0.25, 0.3) is 0 Å². The van der Waals surface area contributed by atoms with E-state index in [2.05, 4.69) is 27.9 Å². The number of benzene rings is 1. The third-order valence-electron chi connectivity index (χ3n) is 2.00. The maximum atomic E-state index is 10.7. The summed E-state index contributed by atoms with van der Waals surface area (Å²) < 4.78 is 1.16. The number of rotatable bonds is 4. The van der Waals surface area contributed by atoms with Crippen LogP contribution in [0.1, 0.15) is 5.56 Å². The fourth-order valence-corrected chi connectivity index (χ4v) is 1.53. The number of carbonyl (C=O) groups is 1. The molecule has 0 spiro atoms. The lowest BCUT2D eigenvalue weighted by molar-refractivity contribution is -0.139.